The lowest BCUT2D eigenvalue weighted by molar-refractivity contribution is -0.121. The quantitative estimate of drug-likeness (QED) is 0.650. The van der Waals surface area contributed by atoms with Gasteiger partial charge in [0.2, 0.25) is 5.91 Å². The van der Waals surface area contributed by atoms with E-state index in [1.807, 2.05) is 43.5 Å². The van der Waals surface area contributed by atoms with Crippen molar-refractivity contribution in [3.05, 3.63) is 71.2 Å². The summed E-state index contributed by atoms with van der Waals surface area (Å²) in [5.74, 6) is -0.295. The molecule has 2 aromatic carbocycles. The first-order chi connectivity index (χ1) is 12.5. The van der Waals surface area contributed by atoms with E-state index in [-0.39, 0.29) is 24.1 Å². The van der Waals surface area contributed by atoms with Crippen LogP contribution in [0.1, 0.15) is 42.9 Å². The minimum absolute atomic E-state index is 0.0603. The van der Waals surface area contributed by atoms with Gasteiger partial charge in [-0.2, -0.15) is 0 Å². The van der Waals surface area contributed by atoms with Gasteiger partial charge in [0, 0.05) is 36.0 Å². The third-order valence-electron chi connectivity index (χ3n) is 4.62. The van der Waals surface area contributed by atoms with E-state index in [1.165, 1.54) is 6.07 Å². The number of carbonyl (C=O) groups is 1. The number of benzene rings is 2. The number of rotatable bonds is 6. The van der Waals surface area contributed by atoms with Crippen LogP contribution in [0.25, 0.3) is 10.9 Å². The highest BCUT2D eigenvalue weighted by atomic mass is 19.1. The minimum atomic E-state index is -0.335. The lowest BCUT2D eigenvalue weighted by Crippen LogP contribution is -2.29. The van der Waals surface area contributed by atoms with E-state index in [0.29, 0.717) is 18.0 Å². The Morgan fingerprint density at radius 3 is 2.69 bits per heavy atom. The maximum absolute atomic E-state index is 14.6. The summed E-state index contributed by atoms with van der Waals surface area (Å²) in [6.45, 7) is 6.67. The van der Waals surface area contributed by atoms with E-state index in [1.54, 1.807) is 6.07 Å². The van der Waals surface area contributed by atoms with Crippen molar-refractivity contribution >= 4 is 16.8 Å². The Hall–Kier alpha value is -2.62. The van der Waals surface area contributed by atoms with E-state index in [9.17, 15) is 9.18 Å². The topological polar surface area (TPSA) is 44.9 Å². The van der Waals surface area contributed by atoms with E-state index < -0.39 is 0 Å². The Balaban J connectivity index is 2.01. The summed E-state index contributed by atoms with van der Waals surface area (Å²) in [6.07, 6.45) is 2.11. The molecule has 0 bridgehead atoms. The second-order valence-corrected chi connectivity index (χ2v) is 7.27. The van der Waals surface area contributed by atoms with Crippen molar-refractivity contribution in [1.29, 1.82) is 0 Å². The van der Waals surface area contributed by atoms with Crippen LogP contribution < -0.4 is 5.32 Å². The first-order valence-electron chi connectivity index (χ1n) is 9.04. The van der Waals surface area contributed by atoms with Crippen molar-refractivity contribution in [2.75, 3.05) is 6.54 Å². The van der Waals surface area contributed by atoms with Crippen LogP contribution in [0.2, 0.25) is 0 Å². The number of H-pyrrole nitrogens is 1. The van der Waals surface area contributed by atoms with E-state index in [0.717, 1.165) is 22.0 Å². The zero-order valence-electron chi connectivity index (χ0n) is 15.5. The van der Waals surface area contributed by atoms with Crippen LogP contribution in [-0.4, -0.2) is 17.4 Å². The Labute approximate surface area is 153 Å². The van der Waals surface area contributed by atoms with Crippen molar-refractivity contribution in [3.8, 4) is 0 Å². The number of hydrogen-bond donors (Lipinski definition) is 2. The molecule has 0 radical (unpaired) electrons. The summed E-state index contributed by atoms with van der Waals surface area (Å²) in [5, 5.41) is 3.98. The fourth-order valence-electron chi connectivity index (χ4n) is 3.28. The Bertz CT molecular complexity index is 913. The lowest BCUT2D eigenvalue weighted by Gasteiger charge is -2.19. The van der Waals surface area contributed by atoms with Crippen LogP contribution in [0, 0.1) is 18.7 Å². The number of hydrogen-bond acceptors (Lipinski definition) is 1. The van der Waals surface area contributed by atoms with Crippen molar-refractivity contribution in [1.82, 2.24) is 10.3 Å². The minimum Gasteiger partial charge on any atom is -0.361 e. The van der Waals surface area contributed by atoms with Crippen LogP contribution in [0.5, 0.6) is 0 Å². The number of para-hydroxylation sites is 1. The number of halogens is 1. The molecular weight excluding hydrogens is 327 g/mol. The molecule has 1 unspecified atom stereocenters. The fraction of sp³-hybridized carbons (Fsp3) is 0.318. The fourth-order valence-corrected chi connectivity index (χ4v) is 3.28. The van der Waals surface area contributed by atoms with Gasteiger partial charge in [-0.1, -0.05) is 49.7 Å². The van der Waals surface area contributed by atoms with Crippen LogP contribution in [0.4, 0.5) is 4.39 Å². The number of nitrogens with one attached hydrogen (secondary N) is 2. The molecular formula is C22H25FN2O. The van der Waals surface area contributed by atoms with Gasteiger partial charge in [-0.3, -0.25) is 4.79 Å². The largest absolute Gasteiger partial charge is 0.361 e. The number of carbonyl (C=O) groups excluding carboxylic acids is 1. The maximum atomic E-state index is 14.6. The van der Waals surface area contributed by atoms with Crippen molar-refractivity contribution < 1.29 is 9.18 Å². The molecule has 1 aromatic heterocycles. The van der Waals surface area contributed by atoms with Gasteiger partial charge in [0.1, 0.15) is 5.82 Å². The van der Waals surface area contributed by atoms with E-state index >= 15 is 0 Å². The zero-order chi connectivity index (χ0) is 18.7. The molecule has 136 valence electrons. The van der Waals surface area contributed by atoms with Crippen LogP contribution in [0.3, 0.4) is 0 Å². The molecule has 0 fully saturated rings. The van der Waals surface area contributed by atoms with Gasteiger partial charge in [-0.05, 0) is 36.1 Å². The first-order valence-corrected chi connectivity index (χ1v) is 9.04. The molecule has 3 rings (SSSR count). The van der Waals surface area contributed by atoms with Crippen molar-refractivity contribution in [2.24, 2.45) is 5.92 Å². The first kappa shape index (κ1) is 18.2. The Morgan fingerprint density at radius 1 is 1.15 bits per heavy atom. The van der Waals surface area contributed by atoms with Gasteiger partial charge < -0.3 is 10.3 Å². The molecule has 1 amide bonds. The third kappa shape index (κ3) is 3.96. The Kier molecular flexibility index (Phi) is 5.40. The molecule has 3 aromatic rings. The number of aromatic nitrogens is 1. The summed E-state index contributed by atoms with van der Waals surface area (Å²) in [7, 11) is 0. The second kappa shape index (κ2) is 7.73. The van der Waals surface area contributed by atoms with Gasteiger partial charge in [0.25, 0.3) is 0 Å². The SMILES string of the molecule is Cc1ccc(F)c(C(CC(=O)NCC(C)C)c2c[nH]c3ccccc23)c1. The second-order valence-electron chi connectivity index (χ2n) is 7.27. The van der Waals surface area contributed by atoms with Gasteiger partial charge in [-0.25, -0.2) is 4.39 Å². The van der Waals surface area contributed by atoms with Crippen molar-refractivity contribution in [3.63, 3.8) is 0 Å². The summed E-state index contributed by atoms with van der Waals surface area (Å²) in [5.41, 5.74) is 3.48. The van der Waals surface area contributed by atoms with Gasteiger partial charge in [0.05, 0.1) is 0 Å². The van der Waals surface area contributed by atoms with E-state index in [4.69, 9.17) is 0 Å². The highest BCUT2D eigenvalue weighted by molar-refractivity contribution is 5.86. The van der Waals surface area contributed by atoms with Gasteiger partial charge >= 0.3 is 0 Å². The highest BCUT2D eigenvalue weighted by Crippen LogP contribution is 2.35. The normalized spacial score (nSPS) is 12.5. The molecule has 3 nitrogen and oxygen atoms in total. The molecule has 0 saturated carbocycles. The molecule has 0 aliphatic rings. The van der Waals surface area contributed by atoms with Crippen LogP contribution in [-0.2, 0) is 4.79 Å². The van der Waals surface area contributed by atoms with Crippen molar-refractivity contribution in [2.45, 2.75) is 33.1 Å². The van der Waals surface area contributed by atoms with Crippen LogP contribution >= 0.6 is 0 Å². The third-order valence-corrected chi connectivity index (χ3v) is 4.62. The molecule has 0 saturated heterocycles. The monoisotopic (exact) mass is 352 g/mol. The zero-order valence-corrected chi connectivity index (χ0v) is 15.5. The highest BCUT2D eigenvalue weighted by Gasteiger charge is 2.24. The average molecular weight is 352 g/mol. The maximum Gasteiger partial charge on any atom is 0.220 e. The van der Waals surface area contributed by atoms with E-state index in [2.05, 4.69) is 24.1 Å². The molecule has 1 heterocycles. The summed E-state index contributed by atoms with van der Waals surface area (Å²) >= 11 is 0. The van der Waals surface area contributed by atoms with Crippen LogP contribution in [0.15, 0.2) is 48.7 Å². The molecule has 0 aliphatic carbocycles. The predicted octanol–water partition coefficient (Wildman–Crippen LogP) is 4.91. The average Bonchev–Trinajstić information content (AvgIpc) is 3.04. The lowest BCUT2D eigenvalue weighted by atomic mass is 9.87. The number of aryl methyl sites for hydroxylation is 1. The van der Waals surface area contributed by atoms with Gasteiger partial charge in [-0.15, -0.1) is 0 Å². The molecule has 26 heavy (non-hydrogen) atoms. The number of aromatic amines is 1. The molecule has 2 N–H and O–H groups in total. The predicted molar refractivity (Wildman–Crippen MR) is 104 cm³/mol. The standard InChI is InChI=1S/C22H25FN2O/c1-14(2)12-25-22(26)11-17(18-10-15(3)8-9-20(18)23)19-13-24-21-7-5-4-6-16(19)21/h4-10,13-14,17,24H,11-12H2,1-3H3,(H,25,26). The van der Waals surface area contributed by atoms with Gasteiger partial charge in [0.15, 0.2) is 0 Å². The number of amides is 1. The molecule has 0 spiro atoms. The smallest absolute Gasteiger partial charge is 0.220 e. The summed E-state index contributed by atoms with van der Waals surface area (Å²) in [6, 6.07) is 13.0. The molecule has 1 atom stereocenters. The Morgan fingerprint density at radius 2 is 1.92 bits per heavy atom. The molecule has 0 aliphatic heterocycles. The summed E-state index contributed by atoms with van der Waals surface area (Å²) in [4.78, 5) is 15.8. The summed E-state index contributed by atoms with van der Waals surface area (Å²) < 4.78 is 14.6. The number of fused-ring (bicyclic) bond motifs is 1. The molecule has 4 heteroatoms.